The van der Waals surface area contributed by atoms with Crippen molar-refractivity contribution in [2.75, 3.05) is 0 Å². The molecule has 1 aromatic heterocycles. The Hall–Kier alpha value is -1.41. The van der Waals surface area contributed by atoms with Crippen LogP contribution in [0.5, 0.6) is 0 Å². The lowest BCUT2D eigenvalue weighted by Gasteiger charge is -2.27. The van der Waals surface area contributed by atoms with Crippen LogP contribution in [0.4, 0.5) is 0 Å². The van der Waals surface area contributed by atoms with E-state index in [2.05, 4.69) is 29.2 Å². The topological polar surface area (TPSA) is 38.9 Å². The van der Waals surface area contributed by atoms with Gasteiger partial charge >= 0.3 is 0 Å². The molecule has 0 bridgehead atoms. The number of rotatable bonds is 1. The van der Waals surface area contributed by atoms with Crippen LogP contribution in [-0.2, 0) is 0 Å². The van der Waals surface area contributed by atoms with Crippen molar-refractivity contribution in [3.8, 4) is 0 Å². The Bertz CT molecular complexity index is 521. The molecule has 1 aliphatic rings. The van der Waals surface area contributed by atoms with E-state index in [9.17, 15) is 0 Å². The van der Waals surface area contributed by atoms with Crippen LogP contribution in [0.2, 0.25) is 0 Å². The Labute approximate surface area is 102 Å². The van der Waals surface area contributed by atoms with Crippen molar-refractivity contribution in [3.63, 3.8) is 0 Å². The quantitative estimate of drug-likeness (QED) is 0.811. The molecule has 1 aliphatic carbocycles. The lowest BCUT2D eigenvalue weighted by Crippen LogP contribution is -2.26. The molecule has 2 nitrogen and oxygen atoms in total. The maximum atomic E-state index is 6.06. The number of fused-ring (bicyclic) bond motifs is 1. The minimum absolute atomic E-state index is 0.383. The van der Waals surface area contributed by atoms with E-state index in [1.807, 2.05) is 12.3 Å². The Morgan fingerprint density at radius 3 is 3.00 bits per heavy atom. The SMILES string of the molecule is NC1CCCC(c2ccc3cccnc3c2)C1. The average Bonchev–Trinajstić information content (AvgIpc) is 2.38. The van der Waals surface area contributed by atoms with E-state index < -0.39 is 0 Å². The van der Waals surface area contributed by atoms with Gasteiger partial charge in [-0.1, -0.05) is 24.6 Å². The van der Waals surface area contributed by atoms with Crippen LogP contribution in [0.3, 0.4) is 0 Å². The molecule has 2 atom stereocenters. The summed E-state index contributed by atoms with van der Waals surface area (Å²) >= 11 is 0. The fourth-order valence-electron chi connectivity index (χ4n) is 2.87. The van der Waals surface area contributed by atoms with Crippen LogP contribution in [0.1, 0.15) is 37.2 Å². The third-order valence-electron chi connectivity index (χ3n) is 3.82. The summed E-state index contributed by atoms with van der Waals surface area (Å²) in [4.78, 5) is 4.42. The Kier molecular flexibility index (Phi) is 2.81. The van der Waals surface area contributed by atoms with Gasteiger partial charge in [-0.2, -0.15) is 0 Å². The number of nitrogens with zero attached hydrogens (tertiary/aromatic N) is 1. The second-order valence-corrected chi connectivity index (χ2v) is 5.08. The Morgan fingerprint density at radius 1 is 1.18 bits per heavy atom. The van der Waals surface area contributed by atoms with E-state index in [1.165, 1.54) is 30.2 Å². The molecule has 2 unspecified atom stereocenters. The van der Waals surface area contributed by atoms with Crippen LogP contribution in [0.25, 0.3) is 10.9 Å². The van der Waals surface area contributed by atoms with E-state index in [4.69, 9.17) is 5.73 Å². The minimum Gasteiger partial charge on any atom is -0.328 e. The molecule has 3 rings (SSSR count). The van der Waals surface area contributed by atoms with Gasteiger partial charge in [-0.05, 0) is 42.9 Å². The molecule has 0 saturated heterocycles. The molecule has 1 saturated carbocycles. The monoisotopic (exact) mass is 226 g/mol. The van der Waals surface area contributed by atoms with Crippen molar-refractivity contribution in [1.29, 1.82) is 0 Å². The molecular formula is C15H18N2. The maximum absolute atomic E-state index is 6.06. The largest absolute Gasteiger partial charge is 0.328 e. The number of aromatic nitrogens is 1. The molecule has 17 heavy (non-hydrogen) atoms. The summed E-state index contributed by atoms with van der Waals surface area (Å²) in [6, 6.07) is 11.1. The van der Waals surface area contributed by atoms with E-state index >= 15 is 0 Å². The minimum atomic E-state index is 0.383. The molecule has 2 aromatic rings. The van der Waals surface area contributed by atoms with E-state index in [1.54, 1.807) is 0 Å². The normalized spacial score (nSPS) is 25.0. The summed E-state index contributed by atoms with van der Waals surface area (Å²) in [6.45, 7) is 0. The first-order valence-corrected chi connectivity index (χ1v) is 6.43. The van der Waals surface area contributed by atoms with Gasteiger partial charge in [0.15, 0.2) is 0 Å². The number of pyridine rings is 1. The lowest BCUT2D eigenvalue weighted by atomic mass is 9.81. The number of hydrogen-bond acceptors (Lipinski definition) is 2. The molecule has 0 spiro atoms. The van der Waals surface area contributed by atoms with Gasteiger partial charge in [0.05, 0.1) is 5.52 Å². The second kappa shape index (κ2) is 4.46. The van der Waals surface area contributed by atoms with Crippen LogP contribution in [0, 0.1) is 0 Å². The van der Waals surface area contributed by atoms with E-state index in [0.29, 0.717) is 12.0 Å². The van der Waals surface area contributed by atoms with Gasteiger partial charge < -0.3 is 5.73 Å². The van der Waals surface area contributed by atoms with Crippen LogP contribution < -0.4 is 5.73 Å². The highest BCUT2D eigenvalue weighted by atomic mass is 14.6. The first kappa shape index (κ1) is 10.7. The highest BCUT2D eigenvalue weighted by Crippen LogP contribution is 2.33. The maximum Gasteiger partial charge on any atom is 0.0704 e. The summed E-state index contributed by atoms with van der Waals surface area (Å²) in [6.07, 6.45) is 6.69. The number of hydrogen-bond donors (Lipinski definition) is 1. The fourth-order valence-corrected chi connectivity index (χ4v) is 2.87. The van der Waals surface area contributed by atoms with Crippen LogP contribution in [-0.4, -0.2) is 11.0 Å². The van der Waals surface area contributed by atoms with E-state index in [0.717, 1.165) is 11.9 Å². The highest BCUT2D eigenvalue weighted by molar-refractivity contribution is 5.79. The molecule has 0 amide bonds. The van der Waals surface area contributed by atoms with Crippen molar-refractivity contribution >= 4 is 10.9 Å². The number of benzene rings is 1. The first-order chi connectivity index (χ1) is 8.33. The zero-order chi connectivity index (χ0) is 11.7. The zero-order valence-electron chi connectivity index (χ0n) is 9.97. The molecular weight excluding hydrogens is 208 g/mol. The average molecular weight is 226 g/mol. The zero-order valence-corrected chi connectivity index (χ0v) is 9.97. The standard InChI is InChI=1S/C15H18N2/c16-14-5-1-3-12(9-14)13-7-6-11-4-2-8-17-15(11)10-13/h2,4,6-8,10,12,14H,1,3,5,9,16H2. The van der Waals surface area contributed by atoms with Crippen molar-refractivity contribution in [2.24, 2.45) is 5.73 Å². The predicted octanol–water partition coefficient (Wildman–Crippen LogP) is 3.22. The summed E-state index contributed by atoms with van der Waals surface area (Å²) in [5.41, 5.74) is 8.57. The van der Waals surface area contributed by atoms with Gasteiger partial charge in [0, 0.05) is 17.6 Å². The first-order valence-electron chi connectivity index (χ1n) is 6.43. The van der Waals surface area contributed by atoms with E-state index in [-0.39, 0.29) is 0 Å². The molecule has 88 valence electrons. The molecule has 2 heteroatoms. The van der Waals surface area contributed by atoms with Gasteiger partial charge in [-0.15, -0.1) is 0 Å². The summed E-state index contributed by atoms with van der Waals surface area (Å²) in [7, 11) is 0. The lowest BCUT2D eigenvalue weighted by molar-refractivity contribution is 0.393. The van der Waals surface area contributed by atoms with Gasteiger partial charge in [0.1, 0.15) is 0 Å². The summed E-state index contributed by atoms with van der Waals surface area (Å²) in [5, 5.41) is 1.22. The smallest absolute Gasteiger partial charge is 0.0704 e. The third kappa shape index (κ3) is 2.18. The number of nitrogens with two attached hydrogens (primary N) is 1. The van der Waals surface area contributed by atoms with Crippen LogP contribution in [0.15, 0.2) is 36.5 Å². The van der Waals surface area contributed by atoms with Crippen LogP contribution >= 0.6 is 0 Å². The molecule has 0 aliphatic heterocycles. The molecule has 0 radical (unpaired) electrons. The highest BCUT2D eigenvalue weighted by Gasteiger charge is 2.20. The van der Waals surface area contributed by atoms with Gasteiger partial charge in [0.2, 0.25) is 0 Å². The van der Waals surface area contributed by atoms with Crippen molar-refractivity contribution in [2.45, 2.75) is 37.6 Å². The van der Waals surface area contributed by atoms with Crippen molar-refractivity contribution < 1.29 is 0 Å². The summed E-state index contributed by atoms with van der Waals surface area (Å²) in [5.74, 6) is 0.630. The Balaban J connectivity index is 1.94. The molecule has 1 heterocycles. The molecule has 1 aromatic carbocycles. The van der Waals surface area contributed by atoms with Crippen molar-refractivity contribution in [3.05, 3.63) is 42.1 Å². The fraction of sp³-hybridized carbons (Fsp3) is 0.400. The van der Waals surface area contributed by atoms with Gasteiger partial charge in [0.25, 0.3) is 0 Å². The summed E-state index contributed by atoms with van der Waals surface area (Å²) < 4.78 is 0. The second-order valence-electron chi connectivity index (χ2n) is 5.08. The molecule has 1 fully saturated rings. The third-order valence-corrected chi connectivity index (χ3v) is 3.82. The molecule has 2 N–H and O–H groups in total. The van der Waals surface area contributed by atoms with Gasteiger partial charge in [-0.3, -0.25) is 4.98 Å². The predicted molar refractivity (Wildman–Crippen MR) is 70.9 cm³/mol. The Morgan fingerprint density at radius 2 is 2.12 bits per heavy atom. The van der Waals surface area contributed by atoms with Crippen molar-refractivity contribution in [1.82, 2.24) is 4.98 Å². The van der Waals surface area contributed by atoms with Gasteiger partial charge in [-0.25, -0.2) is 0 Å².